The van der Waals surface area contributed by atoms with E-state index in [2.05, 4.69) is 22.3 Å². The van der Waals surface area contributed by atoms with Crippen molar-refractivity contribution in [2.24, 2.45) is 5.41 Å². The number of nitrogens with zero attached hydrogens (tertiary/aromatic N) is 2. The highest BCUT2D eigenvalue weighted by Gasteiger charge is 2.58. The smallest absolute Gasteiger partial charge is 0.240 e. The lowest BCUT2D eigenvalue weighted by Gasteiger charge is -2.37. The third-order valence-corrected chi connectivity index (χ3v) is 5.95. The molecule has 1 aliphatic heterocycles. The first-order valence-electron chi connectivity index (χ1n) is 9.67. The van der Waals surface area contributed by atoms with Crippen LogP contribution in [0.15, 0.2) is 48.5 Å². The average Bonchev–Trinajstić information content (AvgIpc) is 3.52. The second-order valence-electron chi connectivity index (χ2n) is 7.61. The van der Waals surface area contributed by atoms with E-state index >= 15 is 0 Å². The minimum Gasteiger partial charge on any atom is -0.368 e. The Labute approximate surface area is 170 Å². The Morgan fingerprint density at radius 2 is 1.68 bits per heavy atom. The SMILES string of the molecule is Cc1cc(Cl)ccc1NC(=O)C1(C(=O)N2CCN(c3ccccc3)CC2)CC1. The van der Waals surface area contributed by atoms with E-state index < -0.39 is 5.41 Å². The molecule has 5 nitrogen and oxygen atoms in total. The van der Waals surface area contributed by atoms with Crippen molar-refractivity contribution < 1.29 is 9.59 Å². The minimum atomic E-state index is -0.902. The average molecular weight is 398 g/mol. The van der Waals surface area contributed by atoms with Crippen molar-refractivity contribution in [2.45, 2.75) is 19.8 Å². The summed E-state index contributed by atoms with van der Waals surface area (Å²) in [7, 11) is 0. The van der Waals surface area contributed by atoms with Crippen molar-refractivity contribution in [1.29, 1.82) is 0 Å². The number of rotatable bonds is 4. The van der Waals surface area contributed by atoms with Gasteiger partial charge in [-0.05, 0) is 55.7 Å². The van der Waals surface area contributed by atoms with Gasteiger partial charge in [0.2, 0.25) is 11.8 Å². The van der Waals surface area contributed by atoms with Crippen LogP contribution < -0.4 is 10.2 Å². The Balaban J connectivity index is 1.40. The molecular formula is C22H24ClN3O2. The van der Waals surface area contributed by atoms with Crippen LogP contribution in [0.3, 0.4) is 0 Å². The molecule has 6 heteroatoms. The Morgan fingerprint density at radius 1 is 1.00 bits per heavy atom. The molecule has 0 spiro atoms. The maximum absolute atomic E-state index is 13.1. The molecule has 2 aliphatic rings. The maximum atomic E-state index is 13.1. The Hall–Kier alpha value is -2.53. The number of aryl methyl sites for hydroxylation is 1. The molecule has 0 aromatic heterocycles. The monoisotopic (exact) mass is 397 g/mol. The summed E-state index contributed by atoms with van der Waals surface area (Å²) in [5, 5.41) is 3.57. The van der Waals surface area contributed by atoms with Gasteiger partial charge in [0.15, 0.2) is 0 Å². The number of para-hydroxylation sites is 1. The van der Waals surface area contributed by atoms with E-state index in [1.165, 1.54) is 5.69 Å². The molecular weight excluding hydrogens is 374 g/mol. The topological polar surface area (TPSA) is 52.7 Å². The molecule has 1 aliphatic carbocycles. The molecule has 1 heterocycles. The molecule has 1 N–H and O–H groups in total. The second-order valence-corrected chi connectivity index (χ2v) is 8.05. The predicted octanol–water partition coefficient (Wildman–Crippen LogP) is 3.72. The third kappa shape index (κ3) is 3.59. The van der Waals surface area contributed by atoms with Crippen molar-refractivity contribution >= 4 is 34.8 Å². The van der Waals surface area contributed by atoms with E-state index in [-0.39, 0.29) is 11.8 Å². The maximum Gasteiger partial charge on any atom is 0.240 e. The van der Waals surface area contributed by atoms with Crippen molar-refractivity contribution in [3.8, 4) is 0 Å². The van der Waals surface area contributed by atoms with Gasteiger partial charge in [-0.15, -0.1) is 0 Å². The van der Waals surface area contributed by atoms with Crippen molar-refractivity contribution in [2.75, 3.05) is 36.4 Å². The highest BCUT2D eigenvalue weighted by Crippen LogP contribution is 2.48. The fourth-order valence-corrected chi connectivity index (χ4v) is 4.01. The van der Waals surface area contributed by atoms with Gasteiger partial charge in [-0.25, -0.2) is 0 Å². The van der Waals surface area contributed by atoms with Crippen LogP contribution in [0, 0.1) is 12.3 Å². The van der Waals surface area contributed by atoms with E-state index in [0.29, 0.717) is 36.6 Å². The minimum absolute atomic E-state index is 0.0377. The summed E-state index contributed by atoms with van der Waals surface area (Å²) in [6.45, 7) is 4.74. The molecule has 0 radical (unpaired) electrons. The highest BCUT2D eigenvalue weighted by molar-refractivity contribution is 6.30. The summed E-state index contributed by atoms with van der Waals surface area (Å²) in [5.74, 6) is -0.238. The lowest BCUT2D eigenvalue weighted by Crippen LogP contribution is -2.52. The summed E-state index contributed by atoms with van der Waals surface area (Å²) in [4.78, 5) is 30.1. The van der Waals surface area contributed by atoms with Crippen LogP contribution in [-0.4, -0.2) is 42.9 Å². The lowest BCUT2D eigenvalue weighted by atomic mass is 10.0. The van der Waals surface area contributed by atoms with Crippen LogP contribution >= 0.6 is 11.6 Å². The summed E-state index contributed by atoms with van der Waals surface area (Å²) in [6, 6.07) is 15.6. The van der Waals surface area contributed by atoms with Crippen LogP contribution in [0.4, 0.5) is 11.4 Å². The molecule has 28 heavy (non-hydrogen) atoms. The van der Waals surface area contributed by atoms with Crippen LogP contribution in [0.25, 0.3) is 0 Å². The first-order chi connectivity index (χ1) is 13.5. The number of benzene rings is 2. The summed E-state index contributed by atoms with van der Waals surface area (Å²) in [6.07, 6.45) is 1.23. The number of amides is 2. The standard InChI is InChI=1S/C22H24ClN3O2/c1-16-15-17(23)7-8-19(16)24-20(27)22(9-10-22)21(28)26-13-11-25(12-14-26)18-5-3-2-4-6-18/h2-8,15H,9-14H2,1H3,(H,24,27). The molecule has 2 fully saturated rings. The summed E-state index contributed by atoms with van der Waals surface area (Å²) in [5.41, 5.74) is 1.87. The van der Waals surface area contributed by atoms with Crippen molar-refractivity contribution in [1.82, 2.24) is 4.90 Å². The normalized spacial score (nSPS) is 17.9. The van der Waals surface area contributed by atoms with E-state index in [0.717, 1.165) is 18.7 Å². The fourth-order valence-electron chi connectivity index (χ4n) is 3.78. The van der Waals surface area contributed by atoms with Gasteiger partial charge in [-0.1, -0.05) is 29.8 Å². The molecule has 146 valence electrons. The number of nitrogens with one attached hydrogen (secondary N) is 1. The number of piperazine rings is 1. The van der Waals surface area contributed by atoms with E-state index in [1.54, 1.807) is 18.2 Å². The van der Waals surface area contributed by atoms with Gasteiger partial charge < -0.3 is 15.1 Å². The zero-order chi connectivity index (χ0) is 19.7. The van der Waals surface area contributed by atoms with Gasteiger partial charge in [0, 0.05) is 42.6 Å². The molecule has 1 saturated carbocycles. The zero-order valence-corrected chi connectivity index (χ0v) is 16.7. The Morgan fingerprint density at radius 3 is 2.29 bits per heavy atom. The zero-order valence-electron chi connectivity index (χ0n) is 16.0. The molecule has 2 amide bonds. The molecule has 0 atom stereocenters. The summed E-state index contributed by atoms with van der Waals surface area (Å²) < 4.78 is 0. The molecule has 4 rings (SSSR count). The third-order valence-electron chi connectivity index (χ3n) is 5.72. The second kappa shape index (κ2) is 7.47. The summed E-state index contributed by atoms with van der Waals surface area (Å²) >= 11 is 5.99. The quantitative estimate of drug-likeness (QED) is 0.800. The fraction of sp³-hybridized carbons (Fsp3) is 0.364. The largest absolute Gasteiger partial charge is 0.368 e. The van der Waals surface area contributed by atoms with Crippen LogP contribution in [-0.2, 0) is 9.59 Å². The van der Waals surface area contributed by atoms with Crippen LogP contribution in [0.1, 0.15) is 18.4 Å². The lowest BCUT2D eigenvalue weighted by molar-refractivity contribution is -0.142. The van der Waals surface area contributed by atoms with Gasteiger partial charge in [-0.2, -0.15) is 0 Å². The van der Waals surface area contributed by atoms with Gasteiger partial charge in [0.25, 0.3) is 0 Å². The van der Waals surface area contributed by atoms with Crippen molar-refractivity contribution in [3.63, 3.8) is 0 Å². The van der Waals surface area contributed by atoms with E-state index in [4.69, 9.17) is 11.6 Å². The first-order valence-corrected chi connectivity index (χ1v) is 10.0. The first kappa shape index (κ1) is 18.8. The predicted molar refractivity (Wildman–Crippen MR) is 112 cm³/mol. The highest BCUT2D eigenvalue weighted by atomic mass is 35.5. The Kier molecular flexibility index (Phi) is 5.02. The molecule has 0 unspecified atom stereocenters. The van der Waals surface area contributed by atoms with Gasteiger partial charge in [-0.3, -0.25) is 9.59 Å². The number of hydrogen-bond acceptors (Lipinski definition) is 3. The van der Waals surface area contributed by atoms with Gasteiger partial charge in [0.05, 0.1) is 0 Å². The molecule has 1 saturated heterocycles. The number of halogens is 1. The molecule has 2 aromatic rings. The number of hydrogen-bond donors (Lipinski definition) is 1. The Bertz CT molecular complexity index is 888. The molecule has 0 bridgehead atoms. The van der Waals surface area contributed by atoms with E-state index in [9.17, 15) is 9.59 Å². The van der Waals surface area contributed by atoms with Gasteiger partial charge in [0.1, 0.15) is 5.41 Å². The van der Waals surface area contributed by atoms with Crippen LogP contribution in [0.2, 0.25) is 5.02 Å². The van der Waals surface area contributed by atoms with Crippen molar-refractivity contribution in [3.05, 3.63) is 59.1 Å². The number of carbonyl (C=O) groups excluding carboxylic acids is 2. The molecule has 2 aromatic carbocycles. The number of anilines is 2. The van der Waals surface area contributed by atoms with Gasteiger partial charge >= 0.3 is 0 Å². The van der Waals surface area contributed by atoms with Crippen LogP contribution in [0.5, 0.6) is 0 Å². The van der Waals surface area contributed by atoms with E-state index in [1.807, 2.05) is 30.0 Å². The number of carbonyl (C=O) groups is 2.